The van der Waals surface area contributed by atoms with Crippen LogP contribution in [0, 0.1) is 18.8 Å². The van der Waals surface area contributed by atoms with Crippen molar-refractivity contribution in [2.45, 2.75) is 46.5 Å². The third-order valence-electron chi connectivity index (χ3n) is 5.34. The van der Waals surface area contributed by atoms with Crippen molar-refractivity contribution in [2.75, 3.05) is 6.54 Å². The van der Waals surface area contributed by atoms with Crippen LogP contribution < -0.4 is 16.8 Å². The van der Waals surface area contributed by atoms with Crippen LogP contribution in [0.1, 0.15) is 65.1 Å². The number of carbonyl (C=O) groups is 1. The van der Waals surface area contributed by atoms with Crippen LogP contribution in [-0.4, -0.2) is 28.6 Å². The SMILES string of the molecule is CCNC(C)c1c(C#Cc2cc(C(N)=O)ccc2C)nn(CC)c1/N=C\N.FC(F)(F)c1ccccc1. The van der Waals surface area contributed by atoms with E-state index in [0.717, 1.165) is 35.4 Å². The van der Waals surface area contributed by atoms with Gasteiger partial charge in [-0.2, -0.15) is 18.3 Å². The van der Waals surface area contributed by atoms with Gasteiger partial charge in [0.15, 0.2) is 5.82 Å². The highest BCUT2D eigenvalue weighted by Crippen LogP contribution is 2.29. The topological polar surface area (TPSA) is 111 Å². The Balaban J connectivity index is 0.000000402. The van der Waals surface area contributed by atoms with Gasteiger partial charge in [-0.3, -0.25) is 4.79 Å². The Hall–Kier alpha value is -4.10. The molecular formula is C27H31F3N6O. The summed E-state index contributed by atoms with van der Waals surface area (Å²) in [6, 6.07) is 11.6. The van der Waals surface area contributed by atoms with Crippen LogP contribution in [0.4, 0.5) is 19.0 Å². The number of nitrogens with two attached hydrogens (primary N) is 2. The fourth-order valence-electron chi connectivity index (χ4n) is 3.46. The molecule has 3 aromatic rings. The molecule has 1 aromatic heterocycles. The minimum absolute atomic E-state index is 0.0105. The summed E-state index contributed by atoms with van der Waals surface area (Å²) in [6.45, 7) is 9.46. The van der Waals surface area contributed by atoms with Crippen molar-refractivity contribution in [1.82, 2.24) is 15.1 Å². The highest BCUT2D eigenvalue weighted by Gasteiger charge is 2.29. The number of aryl methyl sites for hydroxylation is 2. The van der Waals surface area contributed by atoms with Crippen molar-refractivity contribution in [3.8, 4) is 11.8 Å². The number of halogens is 3. The predicted molar refractivity (Wildman–Crippen MR) is 139 cm³/mol. The molecule has 0 aliphatic rings. The van der Waals surface area contributed by atoms with Crippen LogP contribution in [0.15, 0.2) is 53.5 Å². The van der Waals surface area contributed by atoms with Gasteiger partial charge >= 0.3 is 6.18 Å². The lowest BCUT2D eigenvalue weighted by Crippen LogP contribution is -2.18. The van der Waals surface area contributed by atoms with Crippen LogP contribution >= 0.6 is 0 Å². The molecule has 0 spiro atoms. The van der Waals surface area contributed by atoms with Gasteiger partial charge in [0.1, 0.15) is 5.69 Å². The average Bonchev–Trinajstić information content (AvgIpc) is 3.21. The Morgan fingerprint density at radius 3 is 2.38 bits per heavy atom. The molecule has 0 fully saturated rings. The van der Waals surface area contributed by atoms with Crippen molar-refractivity contribution in [3.05, 3.63) is 82.0 Å². The summed E-state index contributed by atoms with van der Waals surface area (Å²) in [7, 11) is 0. The summed E-state index contributed by atoms with van der Waals surface area (Å²) in [5, 5.41) is 7.97. The number of alkyl halides is 3. The maximum atomic E-state index is 11.8. The fourth-order valence-corrected chi connectivity index (χ4v) is 3.46. The van der Waals surface area contributed by atoms with Crippen molar-refractivity contribution < 1.29 is 18.0 Å². The van der Waals surface area contributed by atoms with E-state index in [0.29, 0.717) is 23.6 Å². The lowest BCUT2D eigenvalue weighted by molar-refractivity contribution is -0.137. The van der Waals surface area contributed by atoms with Gasteiger partial charge in [-0.05, 0) is 50.9 Å². The second-order valence-electron chi connectivity index (χ2n) is 7.97. The molecule has 3 rings (SSSR count). The molecule has 7 nitrogen and oxygen atoms in total. The first-order valence-corrected chi connectivity index (χ1v) is 11.7. The summed E-state index contributed by atoms with van der Waals surface area (Å²) in [5.41, 5.74) is 14.0. The van der Waals surface area contributed by atoms with E-state index in [4.69, 9.17) is 11.5 Å². The number of benzene rings is 2. The van der Waals surface area contributed by atoms with Gasteiger partial charge in [0, 0.05) is 29.3 Å². The van der Waals surface area contributed by atoms with E-state index < -0.39 is 17.6 Å². The summed E-state index contributed by atoms with van der Waals surface area (Å²) in [4.78, 5) is 15.7. The molecule has 0 radical (unpaired) electrons. The highest BCUT2D eigenvalue weighted by atomic mass is 19.4. The van der Waals surface area contributed by atoms with Gasteiger partial charge < -0.3 is 16.8 Å². The third-order valence-corrected chi connectivity index (χ3v) is 5.34. The summed E-state index contributed by atoms with van der Waals surface area (Å²) in [5.74, 6) is 6.48. The lowest BCUT2D eigenvalue weighted by Gasteiger charge is -2.12. The largest absolute Gasteiger partial charge is 0.416 e. The summed E-state index contributed by atoms with van der Waals surface area (Å²) < 4.78 is 37.1. The van der Waals surface area contributed by atoms with Gasteiger partial charge in [-0.25, -0.2) is 9.67 Å². The molecule has 196 valence electrons. The second-order valence-corrected chi connectivity index (χ2v) is 7.97. The van der Waals surface area contributed by atoms with Gasteiger partial charge in [0.2, 0.25) is 5.91 Å². The summed E-state index contributed by atoms with van der Waals surface area (Å²) >= 11 is 0. The number of nitrogens with one attached hydrogen (secondary N) is 1. The van der Waals surface area contributed by atoms with Crippen LogP contribution in [-0.2, 0) is 12.7 Å². The Morgan fingerprint density at radius 1 is 1.19 bits per heavy atom. The molecule has 0 aliphatic carbocycles. The second kappa shape index (κ2) is 13.3. The highest BCUT2D eigenvalue weighted by molar-refractivity contribution is 5.93. The number of aliphatic imine (C=N–C) groups is 1. The number of primary amides is 1. The lowest BCUT2D eigenvalue weighted by atomic mass is 10.0. The van der Waals surface area contributed by atoms with E-state index in [2.05, 4.69) is 27.2 Å². The van der Waals surface area contributed by atoms with Crippen LogP contribution in [0.3, 0.4) is 0 Å². The molecule has 1 unspecified atom stereocenters. The Labute approximate surface area is 214 Å². The molecule has 0 bridgehead atoms. The number of nitrogens with zero attached hydrogens (tertiary/aromatic N) is 3. The number of aromatic nitrogens is 2. The normalized spacial score (nSPS) is 11.9. The van der Waals surface area contributed by atoms with Crippen molar-refractivity contribution >= 4 is 18.1 Å². The fraction of sp³-hybridized carbons (Fsp3) is 0.296. The quantitative estimate of drug-likeness (QED) is 0.252. The minimum Gasteiger partial charge on any atom is -0.390 e. The van der Waals surface area contributed by atoms with Gasteiger partial charge in [0.05, 0.1) is 11.9 Å². The van der Waals surface area contributed by atoms with E-state index in [1.54, 1.807) is 22.9 Å². The van der Waals surface area contributed by atoms with Crippen LogP contribution in [0.25, 0.3) is 0 Å². The number of hydrogen-bond acceptors (Lipinski definition) is 4. The molecule has 37 heavy (non-hydrogen) atoms. The average molecular weight is 513 g/mol. The maximum Gasteiger partial charge on any atom is 0.416 e. The monoisotopic (exact) mass is 512 g/mol. The number of amides is 1. The zero-order valence-corrected chi connectivity index (χ0v) is 21.2. The van der Waals surface area contributed by atoms with Crippen molar-refractivity contribution in [1.29, 1.82) is 0 Å². The molecule has 0 saturated heterocycles. The summed E-state index contributed by atoms with van der Waals surface area (Å²) in [6.07, 6.45) is -2.94. The van der Waals surface area contributed by atoms with Crippen LogP contribution in [0.2, 0.25) is 0 Å². The molecule has 1 atom stereocenters. The van der Waals surface area contributed by atoms with E-state index in [1.165, 1.54) is 18.5 Å². The molecule has 1 amide bonds. The minimum atomic E-state index is -4.21. The van der Waals surface area contributed by atoms with Gasteiger partial charge in [-0.15, -0.1) is 0 Å². The molecule has 1 heterocycles. The van der Waals surface area contributed by atoms with Gasteiger partial charge in [0.25, 0.3) is 0 Å². The molecule has 0 aliphatic heterocycles. The molecule has 0 saturated carbocycles. The van der Waals surface area contributed by atoms with E-state index in [1.807, 2.05) is 33.8 Å². The molecule has 2 aromatic carbocycles. The maximum absolute atomic E-state index is 11.8. The smallest absolute Gasteiger partial charge is 0.390 e. The number of carbonyl (C=O) groups excluding carboxylic acids is 1. The van der Waals surface area contributed by atoms with Crippen LogP contribution in [0.5, 0.6) is 0 Å². The van der Waals surface area contributed by atoms with E-state index >= 15 is 0 Å². The Bertz CT molecular complexity index is 1290. The predicted octanol–water partition coefficient (Wildman–Crippen LogP) is 4.70. The first kappa shape index (κ1) is 29.1. The molecular weight excluding hydrogens is 481 g/mol. The van der Waals surface area contributed by atoms with Crippen molar-refractivity contribution in [3.63, 3.8) is 0 Å². The number of hydrogen-bond donors (Lipinski definition) is 3. The van der Waals surface area contributed by atoms with E-state index in [-0.39, 0.29) is 6.04 Å². The first-order chi connectivity index (χ1) is 17.5. The standard InChI is InChI=1S/C20H26N6O.C7H5F3/c1-5-23-14(4)18-17(25-26(6-2)20(18)24-12-21)10-9-15-11-16(19(22)27)8-7-13(15)3;8-7(9,10)6-4-2-1-3-5-6/h7-8,11-12,14,23H,5-6H2,1-4H3,(H2,21,24)(H2,22,27);1-5H. The Kier molecular flexibility index (Phi) is 10.5. The molecule has 10 heteroatoms. The van der Waals surface area contributed by atoms with E-state index in [9.17, 15) is 18.0 Å². The molecule has 5 N–H and O–H groups in total. The zero-order chi connectivity index (χ0) is 27.6. The van der Waals surface area contributed by atoms with Crippen molar-refractivity contribution in [2.24, 2.45) is 16.5 Å². The number of rotatable bonds is 6. The van der Waals surface area contributed by atoms with Gasteiger partial charge in [-0.1, -0.05) is 49.2 Å². The Morgan fingerprint density at radius 2 is 1.86 bits per heavy atom. The zero-order valence-electron chi connectivity index (χ0n) is 21.2. The third kappa shape index (κ3) is 7.95. The first-order valence-electron chi connectivity index (χ1n) is 11.7.